The number of ether oxygens (including phenoxy) is 1. The Labute approximate surface area is 113 Å². The normalized spacial score (nSPS) is 23.5. The van der Waals surface area contributed by atoms with E-state index >= 15 is 0 Å². The molecule has 0 aliphatic carbocycles. The van der Waals surface area contributed by atoms with Crippen LogP contribution in [0.4, 0.5) is 0 Å². The number of methoxy groups -OCH3 is 1. The van der Waals surface area contributed by atoms with Crippen molar-refractivity contribution in [2.45, 2.75) is 58.5 Å². The van der Waals surface area contributed by atoms with Gasteiger partial charge in [0.05, 0.1) is 6.61 Å². The zero-order valence-corrected chi connectivity index (χ0v) is 12.7. The molecule has 1 aliphatic heterocycles. The highest BCUT2D eigenvalue weighted by atomic mass is 16.5. The molecule has 108 valence electrons. The van der Waals surface area contributed by atoms with Gasteiger partial charge in [-0.15, -0.1) is 0 Å². The van der Waals surface area contributed by atoms with Crippen molar-refractivity contribution in [3.05, 3.63) is 0 Å². The summed E-state index contributed by atoms with van der Waals surface area (Å²) in [5.74, 6) is 0.719. The van der Waals surface area contributed by atoms with Crippen LogP contribution in [0.5, 0.6) is 0 Å². The van der Waals surface area contributed by atoms with Crippen molar-refractivity contribution in [3.8, 4) is 0 Å². The van der Waals surface area contributed by atoms with Gasteiger partial charge in [0.2, 0.25) is 0 Å². The maximum Gasteiger partial charge on any atom is 0.0630 e. The van der Waals surface area contributed by atoms with E-state index in [1.54, 1.807) is 0 Å². The monoisotopic (exact) mass is 256 g/mol. The Bertz CT molecular complexity index is 209. The first-order chi connectivity index (χ1) is 8.69. The van der Waals surface area contributed by atoms with Crippen molar-refractivity contribution in [2.75, 3.05) is 33.4 Å². The third-order valence-electron chi connectivity index (χ3n) is 3.90. The predicted molar refractivity (Wildman–Crippen MR) is 78.0 cm³/mol. The van der Waals surface area contributed by atoms with Gasteiger partial charge in [0.25, 0.3) is 0 Å². The van der Waals surface area contributed by atoms with Crippen LogP contribution in [0.1, 0.15) is 46.5 Å². The van der Waals surface area contributed by atoms with Crippen molar-refractivity contribution in [3.63, 3.8) is 0 Å². The number of nitrogens with one attached hydrogen (secondary N) is 1. The lowest BCUT2D eigenvalue weighted by atomic mass is 9.98. The van der Waals surface area contributed by atoms with E-state index in [0.717, 1.165) is 31.7 Å². The summed E-state index contributed by atoms with van der Waals surface area (Å²) in [6.45, 7) is 11.1. The minimum atomic E-state index is 0.541. The van der Waals surface area contributed by atoms with Crippen LogP contribution in [0.25, 0.3) is 0 Å². The highest BCUT2D eigenvalue weighted by Gasteiger charge is 2.27. The van der Waals surface area contributed by atoms with Gasteiger partial charge in [-0.1, -0.05) is 27.2 Å². The number of nitrogens with zero attached hydrogens (tertiary/aromatic N) is 1. The maximum atomic E-state index is 5.43. The van der Waals surface area contributed by atoms with Gasteiger partial charge in [-0.05, 0) is 38.3 Å². The Balaban J connectivity index is 2.47. The van der Waals surface area contributed by atoms with Crippen LogP contribution in [0.2, 0.25) is 0 Å². The Hall–Kier alpha value is -0.120. The lowest BCUT2D eigenvalue weighted by Crippen LogP contribution is -2.52. The molecule has 1 N–H and O–H groups in total. The summed E-state index contributed by atoms with van der Waals surface area (Å²) in [6.07, 6.45) is 5.38. The second-order valence-electron chi connectivity index (χ2n) is 5.96. The van der Waals surface area contributed by atoms with E-state index in [-0.39, 0.29) is 0 Å². The molecule has 18 heavy (non-hydrogen) atoms. The first-order valence-corrected chi connectivity index (χ1v) is 7.64. The molecule has 1 rings (SSSR count). The summed E-state index contributed by atoms with van der Waals surface area (Å²) < 4.78 is 5.43. The van der Waals surface area contributed by atoms with Crippen LogP contribution < -0.4 is 5.32 Å². The zero-order valence-electron chi connectivity index (χ0n) is 12.7. The first-order valence-electron chi connectivity index (χ1n) is 7.64. The maximum absolute atomic E-state index is 5.43. The van der Waals surface area contributed by atoms with E-state index in [9.17, 15) is 0 Å². The van der Waals surface area contributed by atoms with E-state index < -0.39 is 0 Å². The molecule has 0 bridgehead atoms. The number of rotatable bonds is 8. The van der Waals surface area contributed by atoms with E-state index in [2.05, 4.69) is 31.0 Å². The highest BCUT2D eigenvalue weighted by Crippen LogP contribution is 2.21. The minimum Gasteiger partial charge on any atom is -0.383 e. The fourth-order valence-electron chi connectivity index (χ4n) is 2.95. The van der Waals surface area contributed by atoms with Gasteiger partial charge in [-0.25, -0.2) is 0 Å². The lowest BCUT2D eigenvalue weighted by Gasteiger charge is -2.41. The second-order valence-corrected chi connectivity index (χ2v) is 5.96. The summed E-state index contributed by atoms with van der Waals surface area (Å²) >= 11 is 0. The van der Waals surface area contributed by atoms with Crippen molar-refractivity contribution in [1.82, 2.24) is 10.2 Å². The Morgan fingerprint density at radius 3 is 2.67 bits per heavy atom. The SMILES string of the molecule is CCC1CCCCN1C(CNCC(C)C)COC. The van der Waals surface area contributed by atoms with Crippen LogP contribution >= 0.6 is 0 Å². The Morgan fingerprint density at radius 1 is 1.28 bits per heavy atom. The molecule has 0 spiro atoms. The molecule has 2 unspecified atom stereocenters. The van der Waals surface area contributed by atoms with Crippen molar-refractivity contribution in [1.29, 1.82) is 0 Å². The molecular formula is C15H32N2O. The fraction of sp³-hybridized carbons (Fsp3) is 1.00. The third-order valence-corrected chi connectivity index (χ3v) is 3.90. The van der Waals surface area contributed by atoms with Gasteiger partial charge in [-0.2, -0.15) is 0 Å². The summed E-state index contributed by atoms with van der Waals surface area (Å²) in [7, 11) is 1.82. The molecule has 3 nitrogen and oxygen atoms in total. The fourth-order valence-corrected chi connectivity index (χ4v) is 2.95. The molecular weight excluding hydrogens is 224 g/mol. The average molecular weight is 256 g/mol. The number of piperidine rings is 1. The topological polar surface area (TPSA) is 24.5 Å². The minimum absolute atomic E-state index is 0.541. The van der Waals surface area contributed by atoms with E-state index in [1.807, 2.05) is 7.11 Å². The standard InChI is InChI=1S/C15H32N2O/c1-5-14-8-6-7-9-17(14)15(12-18-4)11-16-10-13(2)3/h13-16H,5-12H2,1-4H3. The lowest BCUT2D eigenvalue weighted by molar-refractivity contribution is 0.0386. The van der Waals surface area contributed by atoms with Crippen LogP contribution in [-0.2, 0) is 4.74 Å². The van der Waals surface area contributed by atoms with Gasteiger partial charge in [-0.3, -0.25) is 4.90 Å². The van der Waals surface area contributed by atoms with Crippen molar-refractivity contribution >= 4 is 0 Å². The zero-order chi connectivity index (χ0) is 13.4. The van der Waals surface area contributed by atoms with Gasteiger partial charge in [0.15, 0.2) is 0 Å². The quantitative estimate of drug-likeness (QED) is 0.722. The smallest absolute Gasteiger partial charge is 0.0630 e. The van der Waals surface area contributed by atoms with Crippen molar-refractivity contribution in [2.24, 2.45) is 5.92 Å². The van der Waals surface area contributed by atoms with E-state index in [1.165, 1.54) is 32.2 Å². The second kappa shape index (κ2) is 8.89. The van der Waals surface area contributed by atoms with Gasteiger partial charge < -0.3 is 10.1 Å². The summed E-state index contributed by atoms with van der Waals surface area (Å²) in [5, 5.41) is 3.59. The molecule has 0 saturated carbocycles. The largest absolute Gasteiger partial charge is 0.383 e. The van der Waals surface area contributed by atoms with Crippen LogP contribution in [0, 0.1) is 5.92 Å². The van der Waals surface area contributed by atoms with Crippen LogP contribution in [0.3, 0.4) is 0 Å². The number of hydrogen-bond donors (Lipinski definition) is 1. The average Bonchev–Trinajstić information content (AvgIpc) is 2.37. The molecule has 0 aromatic rings. The van der Waals surface area contributed by atoms with E-state index in [0.29, 0.717) is 6.04 Å². The number of hydrogen-bond acceptors (Lipinski definition) is 3. The van der Waals surface area contributed by atoms with Gasteiger partial charge >= 0.3 is 0 Å². The number of likely N-dealkylation sites (tertiary alicyclic amines) is 1. The molecule has 3 heteroatoms. The van der Waals surface area contributed by atoms with Crippen molar-refractivity contribution < 1.29 is 4.74 Å². The van der Waals surface area contributed by atoms with Crippen LogP contribution in [-0.4, -0.2) is 50.3 Å². The first kappa shape index (κ1) is 15.9. The molecule has 1 heterocycles. The molecule has 0 radical (unpaired) electrons. The van der Waals surface area contributed by atoms with Gasteiger partial charge in [0, 0.05) is 25.7 Å². The third kappa shape index (κ3) is 5.25. The highest BCUT2D eigenvalue weighted by molar-refractivity contribution is 4.83. The Kier molecular flexibility index (Phi) is 7.87. The molecule has 1 aliphatic rings. The molecule has 0 aromatic carbocycles. The van der Waals surface area contributed by atoms with E-state index in [4.69, 9.17) is 4.74 Å². The molecule has 0 aromatic heterocycles. The summed E-state index contributed by atoms with van der Waals surface area (Å²) in [4.78, 5) is 2.68. The molecule has 1 fully saturated rings. The molecule has 2 atom stereocenters. The molecule has 0 amide bonds. The summed E-state index contributed by atoms with van der Waals surface area (Å²) in [6, 6.07) is 1.30. The summed E-state index contributed by atoms with van der Waals surface area (Å²) in [5.41, 5.74) is 0. The predicted octanol–water partition coefficient (Wildman–Crippen LogP) is 2.51. The van der Waals surface area contributed by atoms with Gasteiger partial charge in [0.1, 0.15) is 0 Å². The van der Waals surface area contributed by atoms with Crippen LogP contribution in [0.15, 0.2) is 0 Å². The molecule has 1 saturated heterocycles. The Morgan fingerprint density at radius 2 is 2.06 bits per heavy atom.